The normalized spacial score (nSPS) is 10.9. The fourth-order valence-electron chi connectivity index (χ4n) is 1.77. The maximum atomic E-state index is 5.78. The number of ether oxygens (including phenoxy) is 1. The van der Waals surface area contributed by atoms with Crippen molar-refractivity contribution >= 4 is 11.3 Å². The molecule has 4 heteroatoms. The minimum atomic E-state index is 0.478. The quantitative estimate of drug-likeness (QED) is 0.880. The summed E-state index contributed by atoms with van der Waals surface area (Å²) in [6, 6.07) is 8.08. The Morgan fingerprint density at radius 3 is 2.89 bits per heavy atom. The Morgan fingerprint density at radius 2 is 2.21 bits per heavy atom. The highest BCUT2D eigenvalue weighted by Crippen LogP contribution is 2.21. The molecule has 0 spiro atoms. The number of nitrogens with zero attached hydrogens (tertiary/aromatic N) is 1. The van der Waals surface area contributed by atoms with Crippen LogP contribution in [0.3, 0.4) is 0 Å². The van der Waals surface area contributed by atoms with Gasteiger partial charge >= 0.3 is 0 Å². The van der Waals surface area contributed by atoms with Crippen LogP contribution in [0.1, 0.15) is 36.0 Å². The van der Waals surface area contributed by atoms with E-state index >= 15 is 0 Å². The molecule has 1 aromatic heterocycles. The van der Waals surface area contributed by atoms with Gasteiger partial charge in [-0.25, -0.2) is 4.98 Å². The van der Waals surface area contributed by atoms with E-state index in [1.54, 1.807) is 11.3 Å². The Balaban J connectivity index is 1.95. The lowest BCUT2D eigenvalue weighted by molar-refractivity contribution is 0.301. The first kappa shape index (κ1) is 14.0. The number of nitrogens with two attached hydrogens (primary N) is 1. The van der Waals surface area contributed by atoms with Crippen molar-refractivity contribution in [2.45, 2.75) is 32.8 Å². The molecule has 3 nitrogen and oxygen atoms in total. The van der Waals surface area contributed by atoms with Crippen molar-refractivity contribution in [2.75, 3.05) is 6.54 Å². The Hall–Kier alpha value is -1.39. The number of rotatable bonds is 6. The Bertz CT molecular complexity index is 522. The molecule has 0 aliphatic carbocycles. The van der Waals surface area contributed by atoms with E-state index < -0.39 is 0 Å². The second-order valence-electron chi connectivity index (χ2n) is 4.81. The van der Waals surface area contributed by atoms with Crippen molar-refractivity contribution < 1.29 is 4.74 Å². The van der Waals surface area contributed by atoms with Gasteiger partial charge in [0, 0.05) is 11.3 Å². The first-order valence-electron chi connectivity index (χ1n) is 6.55. The summed E-state index contributed by atoms with van der Waals surface area (Å²) in [5.74, 6) is 1.36. The minimum absolute atomic E-state index is 0.478. The second kappa shape index (κ2) is 6.68. The Labute approximate surface area is 118 Å². The lowest BCUT2D eigenvalue weighted by atomic mass is 10.1. The van der Waals surface area contributed by atoms with Gasteiger partial charge in [0.05, 0.1) is 10.7 Å². The van der Waals surface area contributed by atoms with Crippen LogP contribution in [-0.2, 0) is 13.0 Å². The molecule has 0 saturated heterocycles. The van der Waals surface area contributed by atoms with Crippen LogP contribution in [0, 0.1) is 0 Å². The lowest BCUT2D eigenvalue weighted by Gasteiger charge is -2.06. The van der Waals surface area contributed by atoms with Crippen molar-refractivity contribution in [3.63, 3.8) is 0 Å². The molecule has 0 saturated carbocycles. The maximum absolute atomic E-state index is 5.78. The van der Waals surface area contributed by atoms with Gasteiger partial charge in [-0.1, -0.05) is 26.0 Å². The van der Waals surface area contributed by atoms with Crippen LogP contribution in [0.2, 0.25) is 0 Å². The maximum Gasteiger partial charge on any atom is 0.131 e. The van der Waals surface area contributed by atoms with E-state index in [-0.39, 0.29) is 0 Å². The van der Waals surface area contributed by atoms with E-state index in [1.807, 2.05) is 18.2 Å². The second-order valence-corrected chi connectivity index (χ2v) is 5.70. The third-order valence-corrected chi connectivity index (χ3v) is 3.98. The van der Waals surface area contributed by atoms with Crippen molar-refractivity contribution in [2.24, 2.45) is 5.73 Å². The third-order valence-electron chi connectivity index (χ3n) is 2.78. The highest BCUT2D eigenvalue weighted by Gasteiger charge is 2.06. The molecule has 0 aliphatic rings. The molecule has 2 N–H and O–H groups in total. The largest absolute Gasteiger partial charge is 0.487 e. The summed E-state index contributed by atoms with van der Waals surface area (Å²) in [5, 5.41) is 3.23. The van der Waals surface area contributed by atoms with Crippen LogP contribution in [0.4, 0.5) is 0 Å². The summed E-state index contributed by atoms with van der Waals surface area (Å²) < 4.78 is 5.78. The average Bonchev–Trinajstić information content (AvgIpc) is 2.86. The Kier molecular flexibility index (Phi) is 4.93. The summed E-state index contributed by atoms with van der Waals surface area (Å²) in [6.45, 7) is 5.49. The number of benzene rings is 1. The molecule has 0 aliphatic heterocycles. The zero-order valence-corrected chi connectivity index (χ0v) is 12.2. The van der Waals surface area contributed by atoms with Crippen LogP contribution in [0.5, 0.6) is 5.75 Å². The lowest BCUT2D eigenvalue weighted by Crippen LogP contribution is -2.03. The van der Waals surface area contributed by atoms with Gasteiger partial charge in [0.15, 0.2) is 0 Å². The van der Waals surface area contributed by atoms with E-state index in [0.717, 1.165) is 22.9 Å². The first-order chi connectivity index (χ1) is 9.19. The highest BCUT2D eigenvalue weighted by molar-refractivity contribution is 7.09. The number of hydrogen-bond donors (Lipinski definition) is 1. The molecule has 0 radical (unpaired) electrons. The topological polar surface area (TPSA) is 48.1 Å². The van der Waals surface area contributed by atoms with Gasteiger partial charge in [0.2, 0.25) is 0 Å². The zero-order chi connectivity index (χ0) is 13.7. The van der Waals surface area contributed by atoms with Crippen LogP contribution in [0.15, 0.2) is 29.6 Å². The summed E-state index contributed by atoms with van der Waals surface area (Å²) in [5.41, 5.74) is 7.76. The van der Waals surface area contributed by atoms with Crippen molar-refractivity contribution in [1.82, 2.24) is 4.98 Å². The van der Waals surface area contributed by atoms with Crippen molar-refractivity contribution in [3.05, 3.63) is 45.9 Å². The summed E-state index contributed by atoms with van der Waals surface area (Å²) in [7, 11) is 0. The zero-order valence-electron chi connectivity index (χ0n) is 11.4. The van der Waals surface area contributed by atoms with Gasteiger partial charge in [-0.2, -0.15) is 0 Å². The number of thiazole rings is 1. The first-order valence-corrected chi connectivity index (χ1v) is 7.43. The van der Waals surface area contributed by atoms with Crippen LogP contribution in [-0.4, -0.2) is 11.5 Å². The third kappa shape index (κ3) is 4.04. The van der Waals surface area contributed by atoms with Gasteiger partial charge in [-0.05, 0) is 30.7 Å². The predicted molar refractivity (Wildman–Crippen MR) is 79.7 cm³/mol. The fourth-order valence-corrected chi connectivity index (χ4v) is 2.59. The average molecular weight is 276 g/mol. The van der Waals surface area contributed by atoms with Crippen molar-refractivity contribution in [3.8, 4) is 5.75 Å². The molecule has 102 valence electrons. The van der Waals surface area contributed by atoms with Crippen molar-refractivity contribution in [1.29, 1.82) is 0 Å². The van der Waals surface area contributed by atoms with Gasteiger partial charge < -0.3 is 10.5 Å². The smallest absolute Gasteiger partial charge is 0.131 e. The molecule has 19 heavy (non-hydrogen) atoms. The summed E-state index contributed by atoms with van der Waals surface area (Å²) in [4.78, 5) is 4.56. The molecule has 0 amide bonds. The molecule has 1 aromatic carbocycles. The van der Waals surface area contributed by atoms with Gasteiger partial charge in [-0.3, -0.25) is 0 Å². The predicted octanol–water partition coefficient (Wildman–Crippen LogP) is 3.35. The molecular weight excluding hydrogens is 256 g/mol. The molecule has 0 atom stereocenters. The molecule has 0 bridgehead atoms. The summed E-state index contributed by atoms with van der Waals surface area (Å²) in [6.07, 6.45) is 0.880. The van der Waals surface area contributed by atoms with Crippen LogP contribution in [0.25, 0.3) is 0 Å². The highest BCUT2D eigenvalue weighted by atomic mass is 32.1. The standard InChI is InChI=1S/C15H20N2OS/c1-11(2)15-17-13(10-19-15)9-18-14-5-3-4-12(8-14)6-7-16/h3-5,8,10-11H,6-7,9,16H2,1-2H3. The van der Waals surface area contributed by atoms with E-state index in [9.17, 15) is 0 Å². The number of aromatic nitrogens is 1. The van der Waals surface area contributed by atoms with E-state index in [2.05, 4.69) is 30.3 Å². The monoisotopic (exact) mass is 276 g/mol. The van der Waals surface area contributed by atoms with E-state index in [1.165, 1.54) is 5.56 Å². The Morgan fingerprint density at radius 1 is 1.37 bits per heavy atom. The molecule has 0 unspecified atom stereocenters. The van der Waals surface area contributed by atoms with Gasteiger partial charge in [0.1, 0.15) is 12.4 Å². The fraction of sp³-hybridized carbons (Fsp3) is 0.400. The number of hydrogen-bond acceptors (Lipinski definition) is 4. The van der Waals surface area contributed by atoms with E-state index in [0.29, 0.717) is 19.1 Å². The molecular formula is C15H20N2OS. The molecule has 2 rings (SSSR count). The van der Waals surface area contributed by atoms with Crippen LogP contribution < -0.4 is 10.5 Å². The molecule has 2 aromatic rings. The van der Waals surface area contributed by atoms with Crippen LogP contribution >= 0.6 is 11.3 Å². The molecule has 0 fully saturated rings. The molecule has 1 heterocycles. The van der Waals surface area contributed by atoms with E-state index in [4.69, 9.17) is 10.5 Å². The SMILES string of the molecule is CC(C)c1nc(COc2cccc(CCN)c2)cs1. The van der Waals surface area contributed by atoms with Gasteiger partial charge in [0.25, 0.3) is 0 Å². The van der Waals surface area contributed by atoms with Gasteiger partial charge in [-0.15, -0.1) is 11.3 Å². The summed E-state index contributed by atoms with van der Waals surface area (Å²) >= 11 is 1.70. The minimum Gasteiger partial charge on any atom is -0.487 e.